The Morgan fingerprint density at radius 3 is 1.00 bits per heavy atom. The summed E-state index contributed by atoms with van der Waals surface area (Å²) in [6.07, 6.45) is 0. The molecule has 0 radical (unpaired) electrons. The van der Waals surface area contributed by atoms with E-state index in [1.54, 1.807) is 0 Å². The van der Waals surface area contributed by atoms with Gasteiger partial charge in [0.2, 0.25) is 0 Å². The fourth-order valence-corrected chi connectivity index (χ4v) is 19.1. The summed E-state index contributed by atoms with van der Waals surface area (Å²) in [5.41, 5.74) is 0. The SMILES string of the molecule is O.O.O.O.O.O.O=S1(=O)[O][Bi]([O]S(=O)(=O)[O][Bi]2[O]S(=O)(=O)[O]2)[O]1. The summed E-state index contributed by atoms with van der Waals surface area (Å²) in [7, 11) is -12.9. The Morgan fingerprint density at radius 2 is 0.826 bits per heavy atom. The first kappa shape index (κ1) is 35.3. The summed E-state index contributed by atoms with van der Waals surface area (Å²) in [6, 6.07) is 0. The first-order valence-corrected chi connectivity index (χ1v) is 15.6. The molecule has 2 fully saturated rings. The van der Waals surface area contributed by atoms with Crippen molar-refractivity contribution < 1.29 is 71.7 Å². The van der Waals surface area contributed by atoms with Crippen molar-refractivity contribution >= 4 is 77.3 Å². The molecule has 0 aliphatic carbocycles. The molecule has 2 heterocycles. The van der Waals surface area contributed by atoms with Crippen LogP contribution in [0.3, 0.4) is 0 Å². The summed E-state index contributed by atoms with van der Waals surface area (Å²) in [6.45, 7) is 0. The molecule has 0 saturated carbocycles. The van der Waals surface area contributed by atoms with E-state index in [9.17, 15) is 25.3 Å². The molecule has 0 atom stereocenters. The van der Waals surface area contributed by atoms with Gasteiger partial charge in [-0.2, -0.15) is 0 Å². The molecule has 23 heteroatoms. The third-order valence-electron chi connectivity index (χ3n) is 0.913. The number of rotatable bonds is 4. The van der Waals surface area contributed by atoms with Crippen molar-refractivity contribution in [3.05, 3.63) is 0 Å². The van der Waals surface area contributed by atoms with Crippen LogP contribution >= 0.6 is 0 Å². The average Bonchev–Trinajstić information content (AvgIpc) is 1.94. The van der Waals surface area contributed by atoms with Crippen molar-refractivity contribution in [3.8, 4) is 0 Å². The quantitative estimate of drug-likeness (QED) is 0.239. The van der Waals surface area contributed by atoms with Gasteiger partial charge in [0.05, 0.1) is 0 Å². The van der Waals surface area contributed by atoms with Gasteiger partial charge in [-0.3, -0.25) is 0 Å². The van der Waals surface area contributed by atoms with Crippen molar-refractivity contribution in [2.75, 3.05) is 0 Å². The van der Waals surface area contributed by atoms with Gasteiger partial charge < -0.3 is 32.9 Å². The zero-order valence-corrected chi connectivity index (χ0v) is 19.4. The molecule has 2 aliphatic heterocycles. The van der Waals surface area contributed by atoms with Gasteiger partial charge in [0.25, 0.3) is 0 Å². The van der Waals surface area contributed by atoms with Crippen LogP contribution in [0.5, 0.6) is 0 Å². The molecule has 18 nitrogen and oxygen atoms in total. The van der Waals surface area contributed by atoms with Crippen LogP contribution in [0, 0.1) is 0 Å². The normalized spacial score (nSPS) is 20.9. The molecular formula is H12Bi2O18S3. The number of hydrogen-bond donors (Lipinski definition) is 0. The zero-order valence-electron chi connectivity index (χ0n) is 10.0. The van der Waals surface area contributed by atoms with Crippen LogP contribution in [0.25, 0.3) is 0 Å². The van der Waals surface area contributed by atoms with E-state index in [2.05, 4.69) is 13.6 Å². The van der Waals surface area contributed by atoms with E-state index in [1.807, 2.05) is 0 Å². The van der Waals surface area contributed by atoms with Gasteiger partial charge in [-0.05, 0) is 0 Å². The van der Waals surface area contributed by atoms with Crippen molar-refractivity contribution in [2.24, 2.45) is 0 Å². The van der Waals surface area contributed by atoms with E-state index in [-0.39, 0.29) is 32.9 Å². The van der Waals surface area contributed by atoms with Gasteiger partial charge in [0, 0.05) is 0 Å². The first-order chi connectivity index (χ1) is 7.57. The summed E-state index contributed by atoms with van der Waals surface area (Å²) >= 11 is -7.98. The molecule has 0 unspecified atom stereocenters. The minimum absolute atomic E-state index is 0. The predicted molar refractivity (Wildman–Crippen MR) is 66.5 cm³/mol. The monoisotopic (exact) mass is 814 g/mol. The molecule has 0 aromatic rings. The molecule has 2 rings (SSSR count). The third kappa shape index (κ3) is 10.7. The van der Waals surface area contributed by atoms with Gasteiger partial charge in [-0.15, -0.1) is 0 Å². The van der Waals surface area contributed by atoms with Gasteiger partial charge in [-0.1, -0.05) is 0 Å². The molecule has 0 bridgehead atoms. The average molecular weight is 814 g/mol. The van der Waals surface area contributed by atoms with E-state index in [0.29, 0.717) is 0 Å². The van der Waals surface area contributed by atoms with Crippen LogP contribution in [-0.2, 0) is 44.8 Å². The van der Waals surface area contributed by atoms with Crippen LogP contribution in [-0.4, -0.2) is 104 Å². The Balaban J connectivity index is -0.000000180. The summed E-state index contributed by atoms with van der Waals surface area (Å²) in [4.78, 5) is 0. The van der Waals surface area contributed by atoms with Crippen molar-refractivity contribution in [2.45, 2.75) is 0 Å². The van der Waals surface area contributed by atoms with E-state index in [0.717, 1.165) is 0 Å². The van der Waals surface area contributed by atoms with Gasteiger partial charge in [0.1, 0.15) is 0 Å². The molecular weight excluding hydrogens is 802 g/mol. The van der Waals surface area contributed by atoms with E-state index >= 15 is 0 Å². The Bertz CT molecular complexity index is 535. The Kier molecular flexibility index (Phi) is 17.9. The molecule has 2 aliphatic rings. The molecule has 148 valence electrons. The molecule has 23 heavy (non-hydrogen) atoms. The van der Waals surface area contributed by atoms with Crippen LogP contribution in [0.15, 0.2) is 0 Å². The van der Waals surface area contributed by atoms with Crippen molar-refractivity contribution in [3.63, 3.8) is 0 Å². The second kappa shape index (κ2) is 11.7. The maximum atomic E-state index is 11.0. The Hall–Kier alpha value is 1.14. The summed E-state index contributed by atoms with van der Waals surface area (Å²) in [5.74, 6) is 0. The third-order valence-corrected chi connectivity index (χ3v) is 24.0. The summed E-state index contributed by atoms with van der Waals surface area (Å²) < 4.78 is 87.7. The molecule has 0 spiro atoms. The standard InChI is InChI=1S/2Bi.3H2O4S.6H2O/c;;3*1-5(2,3)4;;;;;;/h;;3*(H2,1,2,3,4);6*1H2/q2*+3;;;;;;;;;/p-6. The molecule has 0 amide bonds. The Morgan fingerprint density at radius 1 is 0.609 bits per heavy atom. The van der Waals surface area contributed by atoms with Gasteiger partial charge >= 0.3 is 116 Å². The van der Waals surface area contributed by atoms with Crippen LogP contribution in [0.1, 0.15) is 0 Å². The maximum absolute atomic E-state index is 11.0. The van der Waals surface area contributed by atoms with Gasteiger partial charge in [0.15, 0.2) is 0 Å². The molecule has 0 aromatic heterocycles. The second-order valence-corrected chi connectivity index (χ2v) is 19.4. The van der Waals surface area contributed by atoms with E-state index < -0.39 is 77.3 Å². The van der Waals surface area contributed by atoms with Crippen LogP contribution in [0.4, 0.5) is 0 Å². The van der Waals surface area contributed by atoms with Gasteiger partial charge in [-0.25, -0.2) is 0 Å². The van der Waals surface area contributed by atoms with E-state index in [4.69, 9.17) is 0 Å². The first-order valence-electron chi connectivity index (χ1n) is 3.10. The molecule has 0 aromatic carbocycles. The zero-order chi connectivity index (χ0) is 12.9. The molecule has 2 saturated heterocycles. The Labute approximate surface area is 148 Å². The van der Waals surface area contributed by atoms with Crippen LogP contribution < -0.4 is 0 Å². The second-order valence-electron chi connectivity index (χ2n) is 2.12. The minimum atomic E-state index is -4.65. The topological polar surface area (TPSA) is 347 Å². The van der Waals surface area contributed by atoms with Crippen molar-refractivity contribution in [1.29, 1.82) is 0 Å². The van der Waals surface area contributed by atoms with Crippen LogP contribution in [0.2, 0.25) is 0 Å². The fraction of sp³-hybridized carbons (Fsp3) is 0. The molecule has 12 N–H and O–H groups in total. The summed E-state index contributed by atoms with van der Waals surface area (Å²) in [5, 5.41) is 0. The van der Waals surface area contributed by atoms with E-state index in [1.165, 1.54) is 0 Å². The number of hydrogen-bond acceptors (Lipinski definition) is 12. The fourth-order valence-electron chi connectivity index (χ4n) is 0.522. The predicted octanol–water partition coefficient (Wildman–Crippen LogP) is -8.13. The van der Waals surface area contributed by atoms with Crippen molar-refractivity contribution in [1.82, 2.24) is 0 Å².